The maximum absolute atomic E-state index is 11.1. The van der Waals surface area contributed by atoms with Crippen LogP contribution in [0.3, 0.4) is 0 Å². The molecular weight excluding hydrogens is 228 g/mol. The van der Waals surface area contributed by atoms with Gasteiger partial charge in [-0.25, -0.2) is 4.79 Å². The highest BCUT2D eigenvalue weighted by Gasteiger charge is 2.25. The van der Waals surface area contributed by atoms with E-state index in [0.717, 1.165) is 5.56 Å². The molecule has 1 aromatic carbocycles. The van der Waals surface area contributed by atoms with Crippen LogP contribution in [0, 0.1) is 0 Å². The lowest BCUT2D eigenvalue weighted by Gasteiger charge is -2.32. The number of nitrogens with two attached hydrogens (primary N) is 1. The van der Waals surface area contributed by atoms with E-state index in [1.807, 2.05) is 24.3 Å². The molecule has 16 heavy (non-hydrogen) atoms. The SMILES string of the molecule is NC(=O)N1CCOC(c2ccccc2Cl)C1. The maximum atomic E-state index is 11.1. The third-order valence-electron chi connectivity index (χ3n) is 2.63. The van der Waals surface area contributed by atoms with E-state index >= 15 is 0 Å². The van der Waals surface area contributed by atoms with Gasteiger partial charge in [0, 0.05) is 17.1 Å². The zero-order chi connectivity index (χ0) is 11.5. The Morgan fingerprint density at radius 3 is 2.94 bits per heavy atom. The molecular formula is C11H13ClN2O2. The van der Waals surface area contributed by atoms with Crippen LogP contribution in [0.25, 0.3) is 0 Å². The molecule has 4 nitrogen and oxygen atoms in total. The van der Waals surface area contributed by atoms with Crippen LogP contribution in [0.15, 0.2) is 24.3 Å². The van der Waals surface area contributed by atoms with E-state index in [9.17, 15) is 4.79 Å². The standard InChI is InChI=1S/C11H13ClN2O2/c12-9-4-2-1-3-8(9)10-7-14(11(13)15)5-6-16-10/h1-4,10H,5-7H2,(H2,13,15). The summed E-state index contributed by atoms with van der Waals surface area (Å²) < 4.78 is 5.59. The van der Waals surface area contributed by atoms with Gasteiger partial charge in [0.05, 0.1) is 13.2 Å². The highest BCUT2D eigenvalue weighted by molar-refractivity contribution is 6.31. The Hall–Kier alpha value is -1.26. The molecule has 0 spiro atoms. The molecule has 1 aliphatic heterocycles. The summed E-state index contributed by atoms with van der Waals surface area (Å²) in [7, 11) is 0. The van der Waals surface area contributed by atoms with Crippen molar-refractivity contribution in [2.45, 2.75) is 6.10 Å². The molecule has 0 aliphatic carbocycles. The van der Waals surface area contributed by atoms with Gasteiger partial charge >= 0.3 is 6.03 Å². The van der Waals surface area contributed by atoms with Crippen LogP contribution in [0.4, 0.5) is 4.79 Å². The second-order valence-corrected chi connectivity index (χ2v) is 4.07. The minimum absolute atomic E-state index is 0.185. The Morgan fingerprint density at radius 2 is 2.25 bits per heavy atom. The fraction of sp³-hybridized carbons (Fsp3) is 0.364. The van der Waals surface area contributed by atoms with Gasteiger partial charge < -0.3 is 15.4 Å². The first-order valence-corrected chi connectivity index (χ1v) is 5.46. The molecule has 0 saturated carbocycles. The number of morpholine rings is 1. The summed E-state index contributed by atoms with van der Waals surface area (Å²) in [4.78, 5) is 12.6. The van der Waals surface area contributed by atoms with Gasteiger partial charge in [0.2, 0.25) is 0 Å². The summed E-state index contributed by atoms with van der Waals surface area (Å²) >= 11 is 6.07. The lowest BCUT2D eigenvalue weighted by molar-refractivity contribution is -0.0141. The number of carbonyl (C=O) groups excluding carboxylic acids is 1. The first-order chi connectivity index (χ1) is 7.68. The van der Waals surface area contributed by atoms with Gasteiger partial charge in [-0.1, -0.05) is 29.8 Å². The minimum Gasteiger partial charge on any atom is -0.370 e. The van der Waals surface area contributed by atoms with Crippen molar-refractivity contribution in [3.05, 3.63) is 34.9 Å². The molecule has 2 rings (SSSR count). The number of nitrogens with zero attached hydrogens (tertiary/aromatic N) is 1. The number of urea groups is 1. The summed E-state index contributed by atoms with van der Waals surface area (Å²) in [5.41, 5.74) is 6.14. The molecule has 86 valence electrons. The van der Waals surface area contributed by atoms with Gasteiger partial charge in [-0.3, -0.25) is 0 Å². The molecule has 0 aromatic heterocycles. The van der Waals surface area contributed by atoms with Crippen molar-refractivity contribution in [1.82, 2.24) is 4.90 Å². The number of hydrogen-bond acceptors (Lipinski definition) is 2. The van der Waals surface area contributed by atoms with E-state index in [4.69, 9.17) is 22.1 Å². The molecule has 1 fully saturated rings. The predicted molar refractivity (Wildman–Crippen MR) is 61.3 cm³/mol. The molecule has 1 atom stereocenters. The van der Waals surface area contributed by atoms with Gasteiger partial charge in [0.25, 0.3) is 0 Å². The largest absolute Gasteiger partial charge is 0.370 e. The van der Waals surface area contributed by atoms with Crippen LogP contribution in [0.5, 0.6) is 0 Å². The van der Waals surface area contributed by atoms with Crippen LogP contribution < -0.4 is 5.73 Å². The Morgan fingerprint density at radius 1 is 1.50 bits per heavy atom. The quantitative estimate of drug-likeness (QED) is 0.814. The Kier molecular flexibility index (Phi) is 3.31. The summed E-state index contributed by atoms with van der Waals surface area (Å²) in [6, 6.07) is 7.05. The first kappa shape index (κ1) is 11.2. The summed E-state index contributed by atoms with van der Waals surface area (Å²) in [6.45, 7) is 1.48. The smallest absolute Gasteiger partial charge is 0.314 e. The van der Waals surface area contributed by atoms with Crippen molar-refractivity contribution in [1.29, 1.82) is 0 Å². The number of hydrogen-bond donors (Lipinski definition) is 1. The fourth-order valence-electron chi connectivity index (χ4n) is 1.77. The topological polar surface area (TPSA) is 55.6 Å². The van der Waals surface area contributed by atoms with Gasteiger partial charge in [-0.05, 0) is 6.07 Å². The van der Waals surface area contributed by atoms with Crippen molar-refractivity contribution in [2.24, 2.45) is 5.73 Å². The average molecular weight is 241 g/mol. The monoisotopic (exact) mass is 240 g/mol. The zero-order valence-corrected chi connectivity index (χ0v) is 9.48. The van der Waals surface area contributed by atoms with Crippen LogP contribution in [0.2, 0.25) is 5.02 Å². The fourth-order valence-corrected chi connectivity index (χ4v) is 2.03. The third-order valence-corrected chi connectivity index (χ3v) is 2.97. The van der Waals surface area contributed by atoms with E-state index in [0.29, 0.717) is 24.7 Å². The van der Waals surface area contributed by atoms with Crippen molar-refractivity contribution >= 4 is 17.6 Å². The summed E-state index contributed by atoms with van der Waals surface area (Å²) in [5, 5.41) is 0.652. The number of primary amides is 1. The highest BCUT2D eigenvalue weighted by Crippen LogP contribution is 2.27. The Bertz CT molecular complexity index is 397. The minimum atomic E-state index is -0.416. The molecule has 2 N–H and O–H groups in total. The van der Waals surface area contributed by atoms with Crippen LogP contribution in [-0.2, 0) is 4.74 Å². The second-order valence-electron chi connectivity index (χ2n) is 3.67. The molecule has 2 amide bonds. The number of benzene rings is 1. The lowest BCUT2D eigenvalue weighted by atomic mass is 10.1. The molecule has 5 heteroatoms. The Labute approximate surface area is 98.9 Å². The van der Waals surface area contributed by atoms with Crippen molar-refractivity contribution in [3.63, 3.8) is 0 Å². The van der Waals surface area contributed by atoms with E-state index < -0.39 is 6.03 Å². The summed E-state index contributed by atoms with van der Waals surface area (Å²) in [5.74, 6) is 0. The molecule has 1 aliphatic rings. The normalized spacial score (nSPS) is 20.8. The van der Waals surface area contributed by atoms with Gasteiger partial charge in [0.1, 0.15) is 6.10 Å². The molecule has 1 saturated heterocycles. The number of halogens is 1. The molecule has 1 heterocycles. The van der Waals surface area contributed by atoms with Crippen molar-refractivity contribution in [3.8, 4) is 0 Å². The maximum Gasteiger partial charge on any atom is 0.314 e. The van der Waals surface area contributed by atoms with Gasteiger partial charge in [-0.2, -0.15) is 0 Å². The average Bonchev–Trinajstić information content (AvgIpc) is 2.30. The second kappa shape index (κ2) is 4.72. The van der Waals surface area contributed by atoms with E-state index in [1.54, 1.807) is 4.90 Å². The van der Waals surface area contributed by atoms with Gasteiger partial charge in [0.15, 0.2) is 0 Å². The zero-order valence-electron chi connectivity index (χ0n) is 8.73. The van der Waals surface area contributed by atoms with Gasteiger partial charge in [-0.15, -0.1) is 0 Å². The predicted octanol–water partition coefficient (Wildman–Crippen LogP) is 1.79. The number of ether oxygens (including phenoxy) is 1. The van der Waals surface area contributed by atoms with E-state index in [2.05, 4.69) is 0 Å². The molecule has 0 radical (unpaired) electrons. The van der Waals surface area contributed by atoms with E-state index in [1.165, 1.54) is 0 Å². The Balaban J connectivity index is 2.16. The molecule has 1 unspecified atom stereocenters. The first-order valence-electron chi connectivity index (χ1n) is 5.09. The number of rotatable bonds is 1. The van der Waals surface area contributed by atoms with Crippen LogP contribution in [0.1, 0.15) is 11.7 Å². The third kappa shape index (κ3) is 2.28. The molecule has 1 aromatic rings. The number of carbonyl (C=O) groups is 1. The van der Waals surface area contributed by atoms with Crippen LogP contribution >= 0.6 is 11.6 Å². The van der Waals surface area contributed by atoms with Crippen LogP contribution in [-0.4, -0.2) is 30.6 Å². The van der Waals surface area contributed by atoms with Crippen molar-refractivity contribution in [2.75, 3.05) is 19.7 Å². The van der Waals surface area contributed by atoms with E-state index in [-0.39, 0.29) is 6.10 Å². The highest BCUT2D eigenvalue weighted by atomic mass is 35.5. The summed E-state index contributed by atoms with van der Waals surface area (Å²) in [6.07, 6.45) is -0.185. The lowest BCUT2D eigenvalue weighted by Crippen LogP contribution is -2.44. The van der Waals surface area contributed by atoms with Crippen molar-refractivity contribution < 1.29 is 9.53 Å². The number of amides is 2. The molecule has 0 bridgehead atoms.